The Kier molecular flexibility index (Phi) is 5.74. The maximum atomic E-state index is 13.6. The van der Waals surface area contributed by atoms with Crippen molar-refractivity contribution in [3.05, 3.63) is 28.8 Å². The van der Waals surface area contributed by atoms with Gasteiger partial charge in [-0.05, 0) is 18.0 Å². The van der Waals surface area contributed by atoms with Crippen molar-refractivity contribution < 1.29 is 35.2 Å². The Balaban J connectivity index is 3.45. The molecule has 0 radical (unpaired) electrons. The average Bonchev–Trinajstić information content (AvgIpc) is 2.42. The molecule has 0 saturated heterocycles. The van der Waals surface area contributed by atoms with Gasteiger partial charge in [-0.1, -0.05) is 6.92 Å². The molecule has 0 aromatic heterocycles. The van der Waals surface area contributed by atoms with Crippen LogP contribution in [0, 0.1) is 23.3 Å². The molecule has 0 spiro atoms. The average molecular weight is 366 g/mol. The molecule has 0 heterocycles. The Morgan fingerprint density at radius 1 is 1.14 bits per heavy atom. The van der Waals surface area contributed by atoms with Crippen molar-refractivity contribution in [1.82, 2.24) is 0 Å². The minimum absolute atomic E-state index is 0.353. The Labute approximate surface area is 127 Å². The third kappa shape index (κ3) is 3.32. The number of sulfonamides is 1. The predicted octanol–water partition coefficient (Wildman–Crippen LogP) is 3.00. The number of alkyl halides is 1. The van der Waals surface area contributed by atoms with Crippen molar-refractivity contribution in [3.8, 4) is 0 Å². The van der Waals surface area contributed by atoms with Gasteiger partial charge in [-0.2, -0.15) is 0 Å². The first-order valence-corrected chi connectivity index (χ1v) is 7.62. The lowest BCUT2D eigenvalue weighted by Crippen LogP contribution is -2.33. The van der Waals surface area contributed by atoms with Crippen molar-refractivity contribution in [2.75, 3.05) is 4.72 Å². The molecule has 0 bridgehead atoms. The zero-order chi connectivity index (χ0) is 17.2. The molecular weight excluding hydrogens is 357 g/mol. The fourth-order valence-electron chi connectivity index (χ4n) is 1.60. The summed E-state index contributed by atoms with van der Waals surface area (Å²) in [6.45, 7) is -0.597. The van der Waals surface area contributed by atoms with Crippen LogP contribution in [0.25, 0.3) is 0 Å². The Morgan fingerprint density at radius 2 is 1.59 bits per heavy atom. The van der Waals surface area contributed by atoms with Gasteiger partial charge in [-0.25, -0.2) is 30.4 Å². The lowest BCUT2D eigenvalue weighted by atomic mass is 10.1. The van der Waals surface area contributed by atoms with Gasteiger partial charge in [0, 0.05) is 0 Å². The second kappa shape index (κ2) is 6.78. The van der Waals surface area contributed by atoms with E-state index in [4.69, 9.17) is 11.6 Å². The standard InChI is InChI=1S/C11H9ClF5NO3S/c1-2-5(11(12)19)22(20,21)18-10-8(16)6(14)4(3-13)7(15)9(10)17/h5,18H,2-3H2,1H3/t5-/m0/s1. The zero-order valence-corrected chi connectivity index (χ0v) is 12.5. The van der Waals surface area contributed by atoms with Crippen LogP contribution in [-0.2, 0) is 21.5 Å². The quantitative estimate of drug-likeness (QED) is 0.479. The molecule has 0 aliphatic heterocycles. The second-order valence-electron chi connectivity index (χ2n) is 4.09. The maximum absolute atomic E-state index is 13.6. The van der Waals surface area contributed by atoms with Crippen LogP contribution in [0.1, 0.15) is 18.9 Å². The summed E-state index contributed by atoms with van der Waals surface area (Å²) in [6, 6.07) is 0. The summed E-state index contributed by atoms with van der Waals surface area (Å²) in [5.41, 5.74) is -3.21. The topological polar surface area (TPSA) is 63.2 Å². The highest BCUT2D eigenvalue weighted by Crippen LogP contribution is 2.30. The van der Waals surface area contributed by atoms with Crippen LogP contribution in [0.15, 0.2) is 0 Å². The van der Waals surface area contributed by atoms with Crippen LogP contribution in [-0.4, -0.2) is 18.9 Å². The molecule has 1 aromatic carbocycles. The number of rotatable bonds is 6. The summed E-state index contributed by atoms with van der Waals surface area (Å²) < 4.78 is 91.1. The molecule has 1 rings (SSSR count). The van der Waals surface area contributed by atoms with Crippen molar-refractivity contribution in [2.24, 2.45) is 0 Å². The van der Waals surface area contributed by atoms with Gasteiger partial charge >= 0.3 is 0 Å². The van der Waals surface area contributed by atoms with E-state index in [1.54, 1.807) is 0 Å². The van der Waals surface area contributed by atoms with Gasteiger partial charge in [0.25, 0.3) is 0 Å². The van der Waals surface area contributed by atoms with Gasteiger partial charge < -0.3 is 0 Å². The zero-order valence-electron chi connectivity index (χ0n) is 10.9. The number of hydrogen-bond donors (Lipinski definition) is 1. The van der Waals surface area contributed by atoms with E-state index in [0.29, 0.717) is 0 Å². The minimum atomic E-state index is -4.76. The van der Waals surface area contributed by atoms with Gasteiger partial charge in [-0.3, -0.25) is 9.52 Å². The lowest BCUT2D eigenvalue weighted by molar-refractivity contribution is -0.111. The Morgan fingerprint density at radius 3 is 1.91 bits per heavy atom. The van der Waals surface area contributed by atoms with E-state index < -0.39 is 61.7 Å². The first kappa shape index (κ1) is 18.6. The van der Waals surface area contributed by atoms with E-state index in [9.17, 15) is 35.2 Å². The largest absolute Gasteiger partial charge is 0.280 e. The SMILES string of the molecule is CC[C@@H](C(=O)Cl)S(=O)(=O)Nc1c(F)c(F)c(CF)c(F)c1F. The molecule has 11 heteroatoms. The van der Waals surface area contributed by atoms with Crippen LogP contribution < -0.4 is 4.72 Å². The molecule has 0 saturated carbocycles. The number of anilines is 1. The smallest absolute Gasteiger partial charge is 0.244 e. The molecule has 1 aromatic rings. The molecule has 0 aliphatic rings. The fraction of sp³-hybridized carbons (Fsp3) is 0.364. The van der Waals surface area contributed by atoms with Gasteiger partial charge in [0.05, 0.1) is 5.56 Å². The maximum Gasteiger partial charge on any atom is 0.244 e. The third-order valence-electron chi connectivity index (χ3n) is 2.73. The molecular formula is C11H9ClF5NO3S. The number of nitrogens with one attached hydrogen (secondary N) is 1. The van der Waals surface area contributed by atoms with Crippen molar-refractivity contribution in [1.29, 1.82) is 0 Å². The van der Waals surface area contributed by atoms with Crippen LogP contribution in [0.5, 0.6) is 0 Å². The summed E-state index contributed by atoms with van der Waals surface area (Å²) in [4.78, 5) is 11.0. The molecule has 124 valence electrons. The number of hydrogen-bond acceptors (Lipinski definition) is 3. The monoisotopic (exact) mass is 365 g/mol. The van der Waals surface area contributed by atoms with E-state index in [1.807, 2.05) is 0 Å². The van der Waals surface area contributed by atoms with E-state index in [2.05, 4.69) is 0 Å². The molecule has 0 unspecified atom stereocenters. The van der Waals surface area contributed by atoms with Gasteiger partial charge in [-0.15, -0.1) is 0 Å². The number of benzene rings is 1. The Hall–Kier alpha value is -1.42. The molecule has 1 N–H and O–H groups in total. The third-order valence-corrected chi connectivity index (χ3v) is 4.91. The molecule has 22 heavy (non-hydrogen) atoms. The van der Waals surface area contributed by atoms with E-state index in [0.717, 1.165) is 0 Å². The summed E-state index contributed by atoms with van der Waals surface area (Å²) >= 11 is 5.04. The fourth-order valence-corrected chi connectivity index (χ4v) is 3.39. The van der Waals surface area contributed by atoms with Crippen LogP contribution in [0.3, 0.4) is 0 Å². The Bertz CT molecular complexity index is 681. The summed E-state index contributed by atoms with van der Waals surface area (Å²) in [7, 11) is -4.76. The van der Waals surface area contributed by atoms with Crippen molar-refractivity contribution >= 4 is 32.6 Å². The normalized spacial score (nSPS) is 13.0. The van der Waals surface area contributed by atoms with E-state index in [-0.39, 0.29) is 6.42 Å². The van der Waals surface area contributed by atoms with Crippen LogP contribution in [0.2, 0.25) is 0 Å². The van der Waals surface area contributed by atoms with Crippen molar-refractivity contribution in [3.63, 3.8) is 0 Å². The molecule has 0 aliphatic carbocycles. The number of carbonyl (C=O) groups excluding carboxylic acids is 1. The highest BCUT2D eigenvalue weighted by Gasteiger charge is 2.34. The molecule has 0 fully saturated rings. The van der Waals surface area contributed by atoms with Gasteiger partial charge in [0.15, 0.2) is 28.5 Å². The molecule has 1 atom stereocenters. The molecule has 0 amide bonds. The summed E-state index contributed by atoms with van der Waals surface area (Å²) in [5, 5.41) is -3.24. The van der Waals surface area contributed by atoms with E-state index in [1.165, 1.54) is 11.6 Å². The van der Waals surface area contributed by atoms with Crippen molar-refractivity contribution in [2.45, 2.75) is 25.3 Å². The summed E-state index contributed by atoms with van der Waals surface area (Å²) in [5.74, 6) is -8.42. The number of halogens is 6. The van der Waals surface area contributed by atoms with Gasteiger partial charge in [0.1, 0.15) is 12.4 Å². The lowest BCUT2D eigenvalue weighted by Gasteiger charge is -2.16. The van der Waals surface area contributed by atoms with Crippen LogP contribution in [0.4, 0.5) is 27.6 Å². The highest BCUT2D eigenvalue weighted by atomic mass is 35.5. The highest BCUT2D eigenvalue weighted by molar-refractivity contribution is 7.94. The van der Waals surface area contributed by atoms with E-state index >= 15 is 0 Å². The van der Waals surface area contributed by atoms with Gasteiger partial charge in [0.2, 0.25) is 15.3 Å². The summed E-state index contributed by atoms with van der Waals surface area (Å²) in [6.07, 6.45) is -0.353. The number of carbonyl (C=O) groups is 1. The van der Waals surface area contributed by atoms with Crippen LogP contribution >= 0.6 is 11.6 Å². The predicted molar refractivity (Wildman–Crippen MR) is 68.6 cm³/mol. The minimum Gasteiger partial charge on any atom is -0.280 e. The first-order chi connectivity index (χ1) is 10.1. The first-order valence-electron chi connectivity index (χ1n) is 5.70. The second-order valence-corrected chi connectivity index (χ2v) is 6.33. The molecule has 4 nitrogen and oxygen atoms in total.